The Morgan fingerprint density at radius 2 is 2.00 bits per heavy atom. The zero-order valence-corrected chi connectivity index (χ0v) is 11.5. The number of hydrogen-bond acceptors (Lipinski definition) is 2. The van der Waals surface area contributed by atoms with Gasteiger partial charge >= 0.3 is 6.09 Å². The maximum atomic E-state index is 11.0. The number of rotatable bonds is 1. The third-order valence-corrected chi connectivity index (χ3v) is 4.51. The number of carbonyl (C=O) groups is 1. The van der Waals surface area contributed by atoms with Crippen molar-refractivity contribution in [1.29, 1.82) is 0 Å². The van der Waals surface area contributed by atoms with Crippen molar-refractivity contribution in [2.24, 2.45) is 5.92 Å². The van der Waals surface area contributed by atoms with E-state index in [0.29, 0.717) is 25.0 Å². The van der Waals surface area contributed by atoms with Gasteiger partial charge in [0, 0.05) is 35.7 Å². The van der Waals surface area contributed by atoms with Gasteiger partial charge in [-0.3, -0.25) is 0 Å². The topological polar surface area (TPSA) is 43.8 Å². The molecule has 96 valence electrons. The summed E-state index contributed by atoms with van der Waals surface area (Å²) in [5.41, 5.74) is 1.19. The molecule has 0 bridgehead atoms. The summed E-state index contributed by atoms with van der Waals surface area (Å²) in [4.78, 5) is 14.9. The maximum Gasteiger partial charge on any atom is 0.407 e. The molecule has 2 heterocycles. The Hall–Kier alpha value is -1.23. The highest BCUT2D eigenvalue weighted by molar-refractivity contribution is 9.10. The van der Waals surface area contributed by atoms with Crippen LogP contribution in [-0.4, -0.2) is 41.8 Å². The van der Waals surface area contributed by atoms with Crippen molar-refractivity contribution in [2.45, 2.75) is 12.5 Å². The Bertz CT molecular complexity index is 463. The Morgan fingerprint density at radius 3 is 2.67 bits per heavy atom. The minimum absolute atomic E-state index is 0.349. The van der Waals surface area contributed by atoms with E-state index in [9.17, 15) is 4.79 Å². The molecule has 2 unspecified atom stereocenters. The van der Waals surface area contributed by atoms with Gasteiger partial charge in [-0.15, -0.1) is 0 Å². The SMILES string of the molecule is O=C(O)N1CC2CCN(c3ccc(Br)cc3)C2C1. The quantitative estimate of drug-likeness (QED) is 0.867. The van der Waals surface area contributed by atoms with E-state index in [2.05, 4.69) is 33.0 Å². The molecule has 5 heteroatoms. The highest BCUT2D eigenvalue weighted by Gasteiger charge is 2.42. The first-order valence-electron chi connectivity index (χ1n) is 6.15. The van der Waals surface area contributed by atoms with E-state index in [0.717, 1.165) is 17.4 Å². The van der Waals surface area contributed by atoms with Gasteiger partial charge in [0.15, 0.2) is 0 Å². The summed E-state index contributed by atoms with van der Waals surface area (Å²) < 4.78 is 1.07. The summed E-state index contributed by atoms with van der Waals surface area (Å²) in [6.45, 7) is 2.35. The second-order valence-corrected chi connectivity index (χ2v) is 5.89. The summed E-state index contributed by atoms with van der Waals surface area (Å²) in [5.74, 6) is 0.491. The molecular formula is C13H15BrN2O2. The molecular weight excluding hydrogens is 296 g/mol. The molecule has 2 aliphatic rings. The van der Waals surface area contributed by atoms with Crippen molar-refractivity contribution < 1.29 is 9.90 Å². The zero-order valence-electron chi connectivity index (χ0n) is 9.92. The molecule has 0 aliphatic carbocycles. The van der Waals surface area contributed by atoms with Crippen LogP contribution in [0.25, 0.3) is 0 Å². The van der Waals surface area contributed by atoms with E-state index in [4.69, 9.17) is 5.11 Å². The first-order valence-corrected chi connectivity index (χ1v) is 6.94. The van der Waals surface area contributed by atoms with Gasteiger partial charge in [-0.2, -0.15) is 0 Å². The van der Waals surface area contributed by atoms with Crippen LogP contribution in [0, 0.1) is 5.92 Å². The average molecular weight is 311 g/mol. The summed E-state index contributed by atoms with van der Waals surface area (Å²) in [6.07, 6.45) is 0.296. The van der Waals surface area contributed by atoms with Crippen LogP contribution in [0.15, 0.2) is 28.7 Å². The zero-order chi connectivity index (χ0) is 12.7. The molecule has 1 N–H and O–H groups in total. The Morgan fingerprint density at radius 1 is 1.28 bits per heavy atom. The van der Waals surface area contributed by atoms with Crippen LogP contribution in [0.1, 0.15) is 6.42 Å². The van der Waals surface area contributed by atoms with E-state index in [-0.39, 0.29) is 0 Å². The third-order valence-electron chi connectivity index (χ3n) is 3.98. The highest BCUT2D eigenvalue weighted by Crippen LogP contribution is 2.35. The Balaban J connectivity index is 1.79. The van der Waals surface area contributed by atoms with Crippen molar-refractivity contribution >= 4 is 27.7 Å². The second kappa shape index (κ2) is 4.46. The minimum atomic E-state index is -0.792. The first kappa shape index (κ1) is 11.8. The molecule has 2 fully saturated rings. The van der Waals surface area contributed by atoms with Gasteiger partial charge in [0.2, 0.25) is 0 Å². The van der Waals surface area contributed by atoms with E-state index in [1.54, 1.807) is 4.90 Å². The fourth-order valence-corrected chi connectivity index (χ4v) is 3.34. The lowest BCUT2D eigenvalue weighted by Crippen LogP contribution is -2.36. The average Bonchev–Trinajstić information content (AvgIpc) is 2.89. The molecule has 0 saturated carbocycles. The van der Waals surface area contributed by atoms with E-state index in [1.165, 1.54) is 5.69 Å². The van der Waals surface area contributed by atoms with Crippen LogP contribution >= 0.6 is 15.9 Å². The molecule has 2 aliphatic heterocycles. The normalized spacial score (nSPS) is 26.5. The molecule has 3 rings (SSSR count). The highest BCUT2D eigenvalue weighted by atomic mass is 79.9. The number of nitrogens with zero attached hydrogens (tertiary/aromatic N) is 2. The number of carboxylic acid groups (broad SMARTS) is 1. The van der Waals surface area contributed by atoms with Crippen LogP contribution in [0.5, 0.6) is 0 Å². The van der Waals surface area contributed by atoms with Crippen molar-refractivity contribution in [2.75, 3.05) is 24.5 Å². The van der Waals surface area contributed by atoms with Crippen LogP contribution < -0.4 is 4.90 Å². The molecule has 18 heavy (non-hydrogen) atoms. The first-order chi connectivity index (χ1) is 8.65. The number of benzene rings is 1. The number of amides is 1. The monoisotopic (exact) mass is 310 g/mol. The van der Waals surface area contributed by atoms with E-state index >= 15 is 0 Å². The van der Waals surface area contributed by atoms with Gasteiger partial charge in [-0.25, -0.2) is 4.79 Å². The number of hydrogen-bond donors (Lipinski definition) is 1. The molecule has 2 atom stereocenters. The summed E-state index contributed by atoms with van der Waals surface area (Å²) in [6, 6.07) is 8.60. The molecule has 0 radical (unpaired) electrons. The smallest absolute Gasteiger partial charge is 0.407 e. The van der Waals surface area contributed by atoms with Gasteiger partial charge in [0.1, 0.15) is 0 Å². The second-order valence-electron chi connectivity index (χ2n) is 4.97. The molecule has 0 aromatic heterocycles. The lowest BCUT2D eigenvalue weighted by atomic mass is 10.1. The van der Waals surface area contributed by atoms with Crippen molar-refractivity contribution in [3.63, 3.8) is 0 Å². The molecule has 4 nitrogen and oxygen atoms in total. The summed E-state index contributed by atoms with van der Waals surface area (Å²) in [7, 11) is 0. The lowest BCUT2D eigenvalue weighted by Gasteiger charge is -2.26. The number of fused-ring (bicyclic) bond motifs is 1. The Kier molecular flexibility index (Phi) is 2.93. The third kappa shape index (κ3) is 1.96. The summed E-state index contributed by atoms with van der Waals surface area (Å²) >= 11 is 3.43. The molecule has 1 aromatic rings. The van der Waals surface area contributed by atoms with Crippen LogP contribution in [-0.2, 0) is 0 Å². The standard InChI is InChI=1S/C13H15BrN2O2/c14-10-1-3-11(4-2-10)16-6-5-9-7-15(13(17)18)8-12(9)16/h1-4,9,12H,5-8H2,(H,17,18). The predicted molar refractivity (Wildman–Crippen MR) is 73.0 cm³/mol. The Labute approximate surface area is 114 Å². The molecule has 1 aromatic carbocycles. The van der Waals surface area contributed by atoms with Gasteiger partial charge in [-0.1, -0.05) is 15.9 Å². The van der Waals surface area contributed by atoms with Gasteiger partial charge < -0.3 is 14.9 Å². The van der Waals surface area contributed by atoms with Crippen LogP contribution in [0.2, 0.25) is 0 Å². The summed E-state index contributed by atoms with van der Waals surface area (Å²) in [5, 5.41) is 9.06. The van der Waals surface area contributed by atoms with Crippen LogP contribution in [0.3, 0.4) is 0 Å². The van der Waals surface area contributed by atoms with Gasteiger partial charge in [-0.05, 0) is 30.7 Å². The maximum absolute atomic E-state index is 11.0. The number of likely N-dealkylation sites (tertiary alicyclic amines) is 1. The number of halogens is 1. The minimum Gasteiger partial charge on any atom is -0.465 e. The van der Waals surface area contributed by atoms with E-state index < -0.39 is 6.09 Å². The fraction of sp³-hybridized carbons (Fsp3) is 0.462. The van der Waals surface area contributed by atoms with Crippen LogP contribution in [0.4, 0.5) is 10.5 Å². The van der Waals surface area contributed by atoms with Crippen molar-refractivity contribution in [3.8, 4) is 0 Å². The lowest BCUT2D eigenvalue weighted by molar-refractivity contribution is 0.153. The molecule has 0 spiro atoms. The van der Waals surface area contributed by atoms with Crippen molar-refractivity contribution in [3.05, 3.63) is 28.7 Å². The fourth-order valence-electron chi connectivity index (χ4n) is 3.07. The molecule has 2 saturated heterocycles. The van der Waals surface area contributed by atoms with Gasteiger partial charge in [0.25, 0.3) is 0 Å². The number of anilines is 1. The van der Waals surface area contributed by atoms with Gasteiger partial charge in [0.05, 0.1) is 6.04 Å². The van der Waals surface area contributed by atoms with Crippen molar-refractivity contribution in [1.82, 2.24) is 4.90 Å². The van der Waals surface area contributed by atoms with E-state index in [1.807, 2.05) is 12.1 Å². The largest absolute Gasteiger partial charge is 0.465 e. The molecule has 1 amide bonds. The predicted octanol–water partition coefficient (Wildman–Crippen LogP) is 2.64.